The van der Waals surface area contributed by atoms with E-state index in [1.807, 2.05) is 18.2 Å². The Labute approximate surface area is 174 Å². The molecule has 3 saturated carbocycles. The van der Waals surface area contributed by atoms with Crippen LogP contribution in [0.2, 0.25) is 0 Å². The first-order valence-electron chi connectivity index (χ1n) is 11.3. The van der Waals surface area contributed by atoms with E-state index in [-0.39, 0.29) is 22.0 Å². The van der Waals surface area contributed by atoms with Gasteiger partial charge in [0.25, 0.3) is 0 Å². The molecule has 0 radical (unpaired) electrons. The fourth-order valence-corrected chi connectivity index (χ4v) is 10.3. The van der Waals surface area contributed by atoms with Crippen molar-refractivity contribution in [3.63, 3.8) is 0 Å². The van der Waals surface area contributed by atoms with Crippen LogP contribution in [0.4, 0.5) is 0 Å². The maximum Gasteiger partial charge on any atom is 0.220 e. The molecule has 5 rings (SSSR count). The van der Waals surface area contributed by atoms with Gasteiger partial charge in [0, 0.05) is 12.5 Å². The molecule has 4 fully saturated rings. The summed E-state index contributed by atoms with van der Waals surface area (Å²) in [7, 11) is -3.31. The zero-order chi connectivity index (χ0) is 20.4. The van der Waals surface area contributed by atoms with Crippen LogP contribution in [-0.4, -0.2) is 25.6 Å². The Bertz CT molecular complexity index is 913. The largest absolute Gasteiger partial charge is 0.353 e. The molecule has 1 saturated heterocycles. The summed E-state index contributed by atoms with van der Waals surface area (Å²) in [6, 6.07) is 9.37. The van der Waals surface area contributed by atoms with Crippen molar-refractivity contribution in [2.24, 2.45) is 28.6 Å². The van der Waals surface area contributed by atoms with Crippen molar-refractivity contribution in [1.29, 1.82) is 0 Å². The lowest BCUT2D eigenvalue weighted by Crippen LogP contribution is -2.61. The molecule has 1 heterocycles. The smallest absolute Gasteiger partial charge is 0.220 e. The number of carbonyl (C=O) groups excluding carboxylic acids is 1. The van der Waals surface area contributed by atoms with Crippen LogP contribution in [0.25, 0.3) is 0 Å². The van der Waals surface area contributed by atoms with E-state index in [1.165, 1.54) is 0 Å². The predicted molar refractivity (Wildman–Crippen MR) is 113 cm³/mol. The van der Waals surface area contributed by atoms with Crippen molar-refractivity contribution >= 4 is 15.7 Å². The third kappa shape index (κ3) is 2.75. The number of hydrogen-bond donors (Lipinski definition) is 1. The SMILES string of the molecule is C[C@]12CCC(=O)NC1CC[C@@H]1[C@H]2CC[C@]2(C)C(S(=O)(=O)c3ccccc3)CC[C@@H]12. The van der Waals surface area contributed by atoms with E-state index in [2.05, 4.69) is 19.2 Å². The lowest BCUT2D eigenvalue weighted by molar-refractivity contribution is -0.135. The zero-order valence-corrected chi connectivity index (χ0v) is 18.4. The first kappa shape index (κ1) is 19.6. The van der Waals surface area contributed by atoms with Gasteiger partial charge in [0.15, 0.2) is 9.84 Å². The highest BCUT2D eigenvalue weighted by Gasteiger charge is 2.62. The van der Waals surface area contributed by atoms with Crippen LogP contribution in [0.3, 0.4) is 0 Å². The molecule has 3 aliphatic carbocycles. The van der Waals surface area contributed by atoms with Gasteiger partial charge in [0.05, 0.1) is 10.1 Å². The standard InChI is InChI=1S/C24H33NO3S/c1-23-15-13-22(26)25-20(23)10-8-17-18-9-11-21(24(18,2)14-12-19(17)23)29(27,28)16-6-4-3-5-7-16/h3-7,17-21H,8-15H2,1-2H3,(H,25,26)/t17-,18-,19+,20?,21?,23+,24-/m0/s1. The summed E-state index contributed by atoms with van der Waals surface area (Å²) < 4.78 is 27.1. The molecule has 4 aliphatic rings. The fourth-order valence-electron chi connectivity index (χ4n) is 7.94. The van der Waals surface area contributed by atoms with Crippen LogP contribution in [0, 0.1) is 28.6 Å². The van der Waals surface area contributed by atoms with E-state index in [0.717, 1.165) is 44.9 Å². The van der Waals surface area contributed by atoms with E-state index in [1.54, 1.807) is 12.1 Å². The van der Waals surface area contributed by atoms with Gasteiger partial charge in [-0.1, -0.05) is 32.0 Å². The minimum absolute atomic E-state index is 0.128. The minimum atomic E-state index is -3.31. The second-order valence-corrected chi connectivity index (χ2v) is 12.7. The van der Waals surface area contributed by atoms with Gasteiger partial charge < -0.3 is 5.32 Å². The van der Waals surface area contributed by atoms with Gasteiger partial charge in [-0.25, -0.2) is 8.42 Å². The topological polar surface area (TPSA) is 63.2 Å². The summed E-state index contributed by atoms with van der Waals surface area (Å²) in [5.41, 5.74) is 0.0471. The summed E-state index contributed by atoms with van der Waals surface area (Å²) in [5, 5.41) is 3.02. The zero-order valence-electron chi connectivity index (χ0n) is 17.6. The quantitative estimate of drug-likeness (QED) is 0.781. The first-order valence-corrected chi connectivity index (χ1v) is 12.9. The Hall–Kier alpha value is -1.36. The Morgan fingerprint density at radius 1 is 0.897 bits per heavy atom. The number of benzene rings is 1. The molecule has 1 aliphatic heterocycles. The molecule has 5 heteroatoms. The molecule has 1 amide bonds. The summed E-state index contributed by atoms with van der Waals surface area (Å²) >= 11 is 0. The number of hydrogen-bond acceptors (Lipinski definition) is 3. The fraction of sp³-hybridized carbons (Fsp3) is 0.708. The highest BCUT2D eigenvalue weighted by molar-refractivity contribution is 7.92. The molecule has 2 unspecified atom stereocenters. The molecule has 0 spiro atoms. The number of sulfone groups is 1. The molecule has 1 N–H and O–H groups in total. The molecule has 1 aromatic rings. The van der Waals surface area contributed by atoms with Crippen LogP contribution in [0.15, 0.2) is 35.2 Å². The third-order valence-corrected chi connectivity index (χ3v) is 11.9. The number of nitrogens with one attached hydrogen (secondary N) is 1. The van der Waals surface area contributed by atoms with Crippen molar-refractivity contribution < 1.29 is 13.2 Å². The van der Waals surface area contributed by atoms with E-state index in [0.29, 0.717) is 35.1 Å². The van der Waals surface area contributed by atoms with Gasteiger partial charge >= 0.3 is 0 Å². The average Bonchev–Trinajstić information content (AvgIpc) is 3.07. The number of piperidine rings is 1. The number of carbonyl (C=O) groups is 1. The van der Waals surface area contributed by atoms with E-state index < -0.39 is 9.84 Å². The predicted octanol–water partition coefficient (Wildman–Crippen LogP) is 4.35. The van der Waals surface area contributed by atoms with Gasteiger partial charge in [-0.3, -0.25) is 4.79 Å². The first-order chi connectivity index (χ1) is 13.8. The van der Waals surface area contributed by atoms with Crippen LogP contribution < -0.4 is 5.32 Å². The number of fused-ring (bicyclic) bond motifs is 5. The highest BCUT2D eigenvalue weighted by Crippen LogP contribution is 2.65. The monoisotopic (exact) mass is 415 g/mol. The summed E-state index contributed by atoms with van der Waals surface area (Å²) in [4.78, 5) is 12.4. The molecule has 1 aromatic carbocycles. The van der Waals surface area contributed by atoms with Gasteiger partial charge in [0.1, 0.15) is 0 Å². The van der Waals surface area contributed by atoms with Crippen molar-refractivity contribution in [3.8, 4) is 0 Å². The minimum Gasteiger partial charge on any atom is -0.353 e. The summed E-state index contributed by atoms with van der Waals surface area (Å²) in [5.74, 6) is 1.90. The van der Waals surface area contributed by atoms with Gasteiger partial charge in [0.2, 0.25) is 5.91 Å². The Morgan fingerprint density at radius 2 is 1.62 bits per heavy atom. The van der Waals surface area contributed by atoms with Crippen LogP contribution in [-0.2, 0) is 14.6 Å². The van der Waals surface area contributed by atoms with Crippen molar-refractivity contribution in [3.05, 3.63) is 30.3 Å². The second kappa shape index (κ2) is 6.57. The molecule has 158 valence electrons. The Morgan fingerprint density at radius 3 is 2.38 bits per heavy atom. The molecule has 0 aromatic heterocycles. The van der Waals surface area contributed by atoms with E-state index >= 15 is 0 Å². The lowest BCUT2D eigenvalue weighted by Gasteiger charge is -2.60. The van der Waals surface area contributed by atoms with Crippen molar-refractivity contribution in [2.75, 3.05) is 0 Å². The number of rotatable bonds is 2. The highest BCUT2D eigenvalue weighted by atomic mass is 32.2. The van der Waals surface area contributed by atoms with E-state index in [9.17, 15) is 13.2 Å². The van der Waals surface area contributed by atoms with E-state index in [4.69, 9.17) is 0 Å². The molecule has 29 heavy (non-hydrogen) atoms. The van der Waals surface area contributed by atoms with Crippen LogP contribution >= 0.6 is 0 Å². The maximum absolute atomic E-state index is 13.5. The van der Waals surface area contributed by atoms with Crippen LogP contribution in [0.5, 0.6) is 0 Å². The molecule has 7 atom stereocenters. The number of amides is 1. The Kier molecular flexibility index (Phi) is 4.44. The summed E-state index contributed by atoms with van der Waals surface area (Å²) in [6.07, 6.45) is 7.71. The lowest BCUT2D eigenvalue weighted by atomic mass is 9.48. The van der Waals surface area contributed by atoms with Crippen molar-refractivity contribution in [2.45, 2.75) is 81.4 Å². The van der Waals surface area contributed by atoms with Gasteiger partial charge in [-0.2, -0.15) is 0 Å². The normalized spacial score (nSPS) is 44.3. The third-order valence-electron chi connectivity index (χ3n) is 9.45. The maximum atomic E-state index is 13.5. The van der Waals surface area contributed by atoms with Gasteiger partial charge in [-0.15, -0.1) is 0 Å². The van der Waals surface area contributed by atoms with Crippen LogP contribution in [0.1, 0.15) is 65.2 Å². The van der Waals surface area contributed by atoms with Crippen molar-refractivity contribution in [1.82, 2.24) is 5.32 Å². The Balaban J connectivity index is 1.45. The average molecular weight is 416 g/mol. The second-order valence-electron chi connectivity index (χ2n) is 10.5. The molecular weight excluding hydrogens is 382 g/mol. The molecule has 0 bridgehead atoms. The van der Waals surface area contributed by atoms with Gasteiger partial charge in [-0.05, 0) is 85.7 Å². The molecular formula is C24H33NO3S. The summed E-state index contributed by atoms with van der Waals surface area (Å²) in [6.45, 7) is 4.66. The molecule has 4 nitrogen and oxygen atoms in total.